The first-order chi connectivity index (χ1) is 16.4. The van der Waals surface area contributed by atoms with E-state index in [0.717, 1.165) is 11.5 Å². The van der Waals surface area contributed by atoms with Crippen LogP contribution in [0.5, 0.6) is 0 Å². The molecule has 0 bridgehead atoms. The number of benzene rings is 4. The van der Waals surface area contributed by atoms with E-state index in [0.29, 0.717) is 6.61 Å². The van der Waals surface area contributed by atoms with Crippen LogP contribution >= 0.6 is 19.3 Å². The lowest BCUT2D eigenvalue weighted by Gasteiger charge is -2.19. The number of hydrogen-bond donors (Lipinski definition) is 0. The minimum Gasteiger partial charge on any atom is -0.475 e. The molecule has 6 rings (SSSR count). The van der Waals surface area contributed by atoms with Gasteiger partial charge < -0.3 is 4.74 Å². The predicted octanol–water partition coefficient (Wildman–Crippen LogP) is 6.18. The molecule has 0 saturated carbocycles. The van der Waals surface area contributed by atoms with Crippen LogP contribution < -0.4 is 15.2 Å². The summed E-state index contributed by atoms with van der Waals surface area (Å²) < 4.78 is 8.92. The third-order valence-corrected chi connectivity index (χ3v) is 9.91. The molecule has 1 aliphatic heterocycles. The number of nitrogens with zero attached hydrogens (tertiary/aromatic N) is 1. The van der Waals surface area contributed by atoms with Crippen molar-refractivity contribution in [1.29, 1.82) is 0 Å². The van der Waals surface area contributed by atoms with Crippen LogP contribution in [0.15, 0.2) is 120 Å². The summed E-state index contributed by atoms with van der Waals surface area (Å²) in [7, 11) is -0.741. The summed E-state index contributed by atoms with van der Waals surface area (Å²) in [4.78, 5) is 5.09. The lowest BCUT2D eigenvalue weighted by Crippen LogP contribution is -2.23. The van der Waals surface area contributed by atoms with Crippen molar-refractivity contribution >= 4 is 50.5 Å². The van der Waals surface area contributed by atoms with Gasteiger partial charge in [0.15, 0.2) is 0 Å². The number of aliphatic imine (C=N–C) groups is 1. The SMILES string of the molecule is c1ccc([C@@H]2COC(c3c(P(c4ccccc4)c4ccccc4)sc4ccccc34)=N2)cc1. The van der Waals surface area contributed by atoms with Gasteiger partial charge >= 0.3 is 0 Å². The molecule has 0 unspecified atom stereocenters. The van der Waals surface area contributed by atoms with E-state index in [1.54, 1.807) is 0 Å². The van der Waals surface area contributed by atoms with Crippen molar-refractivity contribution in [2.75, 3.05) is 6.61 Å². The quantitative estimate of drug-likeness (QED) is 0.285. The standard InChI is InChI=1S/C29H22NOPS/c1-4-12-21(13-5-1)25-20-31-28(30-25)27-24-18-10-11-19-26(24)33-29(27)32(22-14-6-2-7-15-22)23-16-8-3-9-17-23/h1-19,25H,20H2/t25-/m0/s1. The molecule has 0 spiro atoms. The Labute approximate surface area is 199 Å². The molecule has 0 amide bonds. The van der Waals surface area contributed by atoms with Crippen LogP contribution in [0.25, 0.3) is 10.1 Å². The van der Waals surface area contributed by atoms with Gasteiger partial charge in [0.25, 0.3) is 0 Å². The smallest absolute Gasteiger partial charge is 0.219 e. The highest BCUT2D eigenvalue weighted by Crippen LogP contribution is 2.41. The van der Waals surface area contributed by atoms with Crippen LogP contribution in [0.1, 0.15) is 17.2 Å². The van der Waals surface area contributed by atoms with E-state index in [9.17, 15) is 0 Å². The largest absolute Gasteiger partial charge is 0.475 e. The molecule has 0 N–H and O–H groups in total. The third-order valence-electron chi connectivity index (χ3n) is 5.86. The highest BCUT2D eigenvalue weighted by atomic mass is 32.1. The molecule has 2 nitrogen and oxygen atoms in total. The van der Waals surface area contributed by atoms with Crippen molar-refractivity contribution < 1.29 is 4.74 Å². The van der Waals surface area contributed by atoms with Crippen LogP contribution in [0.4, 0.5) is 0 Å². The summed E-state index contributed by atoms with van der Waals surface area (Å²) in [6.07, 6.45) is 0. The van der Waals surface area contributed by atoms with Crippen molar-refractivity contribution in [3.8, 4) is 0 Å². The normalized spacial score (nSPS) is 15.5. The van der Waals surface area contributed by atoms with Crippen molar-refractivity contribution in [1.82, 2.24) is 0 Å². The summed E-state index contributed by atoms with van der Waals surface area (Å²) in [5.41, 5.74) is 2.36. The predicted molar refractivity (Wildman–Crippen MR) is 142 cm³/mol. The third kappa shape index (κ3) is 3.88. The van der Waals surface area contributed by atoms with Crippen molar-refractivity contribution in [3.63, 3.8) is 0 Å². The molecule has 5 aromatic rings. The summed E-state index contributed by atoms with van der Waals surface area (Å²) in [5, 5.41) is 3.90. The molecule has 0 fully saturated rings. The van der Waals surface area contributed by atoms with E-state index in [1.807, 2.05) is 17.4 Å². The van der Waals surface area contributed by atoms with Gasteiger partial charge in [0.05, 0.1) is 10.2 Å². The molecule has 1 aromatic heterocycles. The van der Waals surface area contributed by atoms with E-state index < -0.39 is 7.92 Å². The second-order valence-electron chi connectivity index (χ2n) is 7.96. The van der Waals surface area contributed by atoms with Gasteiger partial charge in [-0.3, -0.25) is 0 Å². The van der Waals surface area contributed by atoms with E-state index in [-0.39, 0.29) is 6.04 Å². The van der Waals surface area contributed by atoms with Gasteiger partial charge in [0, 0.05) is 10.1 Å². The minimum atomic E-state index is -0.741. The van der Waals surface area contributed by atoms with E-state index in [1.165, 1.54) is 30.9 Å². The fourth-order valence-electron chi connectivity index (χ4n) is 4.29. The van der Waals surface area contributed by atoms with Gasteiger partial charge in [-0.15, -0.1) is 11.3 Å². The van der Waals surface area contributed by atoms with Crippen LogP contribution in [0.3, 0.4) is 0 Å². The Morgan fingerprint density at radius 2 is 1.27 bits per heavy atom. The maximum Gasteiger partial charge on any atom is 0.219 e. The second-order valence-corrected chi connectivity index (χ2v) is 11.5. The summed E-state index contributed by atoms with van der Waals surface area (Å²) in [6, 6.07) is 40.8. The van der Waals surface area contributed by atoms with Crippen molar-refractivity contribution in [3.05, 3.63) is 126 Å². The van der Waals surface area contributed by atoms with Crippen LogP contribution in [0.2, 0.25) is 0 Å². The van der Waals surface area contributed by atoms with Gasteiger partial charge in [-0.1, -0.05) is 109 Å². The van der Waals surface area contributed by atoms with E-state index in [4.69, 9.17) is 9.73 Å². The minimum absolute atomic E-state index is 0.0346. The Balaban J connectivity index is 1.56. The molecular formula is C29H22NOPS. The molecule has 0 saturated heterocycles. The topological polar surface area (TPSA) is 21.6 Å². The summed E-state index contributed by atoms with van der Waals surface area (Å²) in [5.74, 6) is 0.774. The van der Waals surface area contributed by atoms with Gasteiger partial charge in [-0.05, 0) is 30.2 Å². The molecule has 4 heteroatoms. The fourth-order valence-corrected chi connectivity index (χ4v) is 8.67. The molecule has 1 atom stereocenters. The highest BCUT2D eigenvalue weighted by molar-refractivity contribution is 7.84. The van der Waals surface area contributed by atoms with E-state index in [2.05, 4.69) is 109 Å². The van der Waals surface area contributed by atoms with Gasteiger partial charge in [-0.25, -0.2) is 4.99 Å². The van der Waals surface area contributed by atoms with Gasteiger partial charge in [-0.2, -0.15) is 0 Å². The van der Waals surface area contributed by atoms with Gasteiger partial charge in [0.2, 0.25) is 5.90 Å². The number of thiophene rings is 1. The summed E-state index contributed by atoms with van der Waals surface area (Å²) in [6.45, 7) is 0.581. The first kappa shape index (κ1) is 20.4. The lowest BCUT2D eigenvalue weighted by molar-refractivity contribution is 0.320. The van der Waals surface area contributed by atoms with Crippen LogP contribution in [-0.4, -0.2) is 12.5 Å². The number of fused-ring (bicyclic) bond motifs is 1. The monoisotopic (exact) mass is 463 g/mol. The Kier molecular flexibility index (Phi) is 5.51. The lowest BCUT2D eigenvalue weighted by atomic mass is 10.1. The Morgan fingerprint density at radius 3 is 1.94 bits per heavy atom. The Bertz CT molecular complexity index is 1370. The molecule has 4 aromatic carbocycles. The van der Waals surface area contributed by atoms with Crippen LogP contribution in [-0.2, 0) is 4.74 Å². The zero-order valence-corrected chi connectivity index (χ0v) is 19.7. The zero-order chi connectivity index (χ0) is 22.0. The van der Waals surface area contributed by atoms with Crippen LogP contribution in [0, 0.1) is 0 Å². The van der Waals surface area contributed by atoms with E-state index >= 15 is 0 Å². The molecule has 1 aliphatic rings. The maximum absolute atomic E-state index is 6.30. The number of rotatable bonds is 5. The molecule has 33 heavy (non-hydrogen) atoms. The first-order valence-electron chi connectivity index (χ1n) is 11.1. The Morgan fingerprint density at radius 1 is 0.697 bits per heavy atom. The average molecular weight is 464 g/mol. The number of hydrogen-bond acceptors (Lipinski definition) is 3. The molecule has 0 aliphatic carbocycles. The highest BCUT2D eigenvalue weighted by Gasteiger charge is 2.30. The second kappa shape index (κ2) is 8.94. The molecule has 0 radical (unpaired) electrons. The zero-order valence-electron chi connectivity index (χ0n) is 18.0. The van der Waals surface area contributed by atoms with Crippen molar-refractivity contribution in [2.45, 2.75) is 6.04 Å². The molecule has 160 valence electrons. The maximum atomic E-state index is 6.30. The number of ether oxygens (including phenoxy) is 1. The first-order valence-corrected chi connectivity index (χ1v) is 13.2. The van der Waals surface area contributed by atoms with Crippen molar-refractivity contribution in [2.24, 2.45) is 4.99 Å². The fraction of sp³-hybridized carbons (Fsp3) is 0.0690. The molecular weight excluding hydrogens is 441 g/mol. The molecule has 2 heterocycles. The average Bonchev–Trinajstić information content (AvgIpc) is 3.51. The Hall–Kier alpha value is -3.26. The summed E-state index contributed by atoms with van der Waals surface area (Å²) >= 11 is 1.87. The van der Waals surface area contributed by atoms with Gasteiger partial charge in [0.1, 0.15) is 12.6 Å².